The molecule has 166 valence electrons. The van der Waals surface area contributed by atoms with Crippen LogP contribution in [0.25, 0.3) is 0 Å². The Hall–Kier alpha value is -3.04. The van der Waals surface area contributed by atoms with Gasteiger partial charge in [-0.3, -0.25) is 9.59 Å². The van der Waals surface area contributed by atoms with E-state index in [1.807, 2.05) is 0 Å². The van der Waals surface area contributed by atoms with Crippen LogP contribution in [0.3, 0.4) is 0 Å². The fourth-order valence-corrected chi connectivity index (χ4v) is 3.17. The monoisotopic (exact) mass is 469 g/mol. The first-order valence-electron chi connectivity index (χ1n) is 8.82. The molecule has 1 atom stereocenters. The van der Waals surface area contributed by atoms with Gasteiger partial charge in [-0.25, -0.2) is 0 Å². The van der Waals surface area contributed by atoms with E-state index in [0.717, 1.165) is 0 Å². The molecule has 9 nitrogen and oxygen atoms in total. The number of azo groups is 1. The van der Waals surface area contributed by atoms with Gasteiger partial charge in [-0.05, 0) is 31.2 Å². The van der Waals surface area contributed by atoms with E-state index in [9.17, 15) is 9.59 Å². The van der Waals surface area contributed by atoms with Crippen LogP contribution in [0.15, 0.2) is 34.5 Å². The van der Waals surface area contributed by atoms with Gasteiger partial charge in [0.2, 0.25) is 6.04 Å². The summed E-state index contributed by atoms with van der Waals surface area (Å²) >= 11 is 12.5. The number of carbonyl (C=O) groups excluding carboxylic acids is 2. The topological polar surface area (TPSA) is 108 Å². The number of benzene rings is 2. The van der Waals surface area contributed by atoms with Crippen molar-refractivity contribution in [3.8, 4) is 23.0 Å². The van der Waals surface area contributed by atoms with Crippen molar-refractivity contribution in [2.45, 2.75) is 13.0 Å². The van der Waals surface area contributed by atoms with Crippen molar-refractivity contribution in [1.29, 1.82) is 0 Å². The maximum absolute atomic E-state index is 12.8. The highest BCUT2D eigenvalue weighted by Crippen LogP contribution is 2.42. The molecule has 2 rings (SSSR count). The lowest BCUT2D eigenvalue weighted by Crippen LogP contribution is -2.32. The minimum Gasteiger partial charge on any atom is -0.495 e. The predicted octanol–water partition coefficient (Wildman–Crippen LogP) is 4.71. The van der Waals surface area contributed by atoms with E-state index < -0.39 is 17.7 Å². The predicted molar refractivity (Wildman–Crippen MR) is 117 cm³/mol. The fourth-order valence-electron chi connectivity index (χ4n) is 2.57. The zero-order chi connectivity index (χ0) is 23.1. The standard InChI is InChI=1S/C20H21Cl2N3O6/c1-10(26)17(25-24-11-6-7-13(29-3)16(22)19(11)31-5)20(27)23-18-14(30-4)9-8-12(28-2)15(18)21/h6-9,17H,1-5H3,(H,23,27). The lowest BCUT2D eigenvalue weighted by atomic mass is 10.2. The maximum atomic E-state index is 12.8. The average molecular weight is 470 g/mol. The summed E-state index contributed by atoms with van der Waals surface area (Å²) in [6.45, 7) is 1.21. The number of nitrogens with one attached hydrogen (secondary N) is 1. The summed E-state index contributed by atoms with van der Waals surface area (Å²) in [6.07, 6.45) is 0. The highest BCUT2D eigenvalue weighted by atomic mass is 35.5. The number of methoxy groups -OCH3 is 4. The Labute approximate surface area is 189 Å². The lowest BCUT2D eigenvalue weighted by molar-refractivity contribution is -0.126. The smallest absolute Gasteiger partial charge is 0.258 e. The first-order valence-corrected chi connectivity index (χ1v) is 9.57. The summed E-state index contributed by atoms with van der Waals surface area (Å²) in [5.41, 5.74) is 0.351. The van der Waals surface area contributed by atoms with Crippen molar-refractivity contribution in [2.75, 3.05) is 33.8 Å². The molecule has 0 aliphatic rings. The molecule has 31 heavy (non-hydrogen) atoms. The van der Waals surface area contributed by atoms with Crippen molar-refractivity contribution in [3.63, 3.8) is 0 Å². The molecule has 1 N–H and O–H groups in total. The number of hydrogen-bond acceptors (Lipinski definition) is 8. The molecule has 0 bridgehead atoms. The summed E-state index contributed by atoms with van der Waals surface area (Å²) in [6, 6.07) is 4.78. The molecule has 1 amide bonds. The zero-order valence-electron chi connectivity index (χ0n) is 17.5. The summed E-state index contributed by atoms with van der Waals surface area (Å²) < 4.78 is 20.7. The van der Waals surface area contributed by atoms with Crippen LogP contribution in [0, 0.1) is 0 Å². The van der Waals surface area contributed by atoms with Gasteiger partial charge in [-0.2, -0.15) is 10.2 Å². The second-order valence-electron chi connectivity index (χ2n) is 6.01. The molecular formula is C20H21Cl2N3O6. The molecule has 0 aliphatic heterocycles. The average Bonchev–Trinajstić information content (AvgIpc) is 2.75. The van der Waals surface area contributed by atoms with Crippen LogP contribution < -0.4 is 24.3 Å². The highest BCUT2D eigenvalue weighted by molar-refractivity contribution is 6.36. The van der Waals surface area contributed by atoms with Gasteiger partial charge in [0, 0.05) is 0 Å². The summed E-state index contributed by atoms with van der Waals surface area (Å²) in [4.78, 5) is 24.9. The van der Waals surface area contributed by atoms with Crippen molar-refractivity contribution >= 4 is 46.3 Å². The number of halogens is 2. The van der Waals surface area contributed by atoms with Crippen LogP contribution >= 0.6 is 23.2 Å². The zero-order valence-corrected chi connectivity index (χ0v) is 19.0. The number of Topliss-reactive ketones (excluding diaryl/α,β-unsaturated/α-hetero) is 1. The van der Waals surface area contributed by atoms with Gasteiger partial charge < -0.3 is 24.3 Å². The first kappa shape index (κ1) is 24.2. The van der Waals surface area contributed by atoms with E-state index in [1.54, 1.807) is 18.2 Å². The van der Waals surface area contributed by atoms with Crippen LogP contribution in [-0.4, -0.2) is 46.2 Å². The quantitative estimate of drug-likeness (QED) is 0.420. The van der Waals surface area contributed by atoms with Gasteiger partial charge in [-0.15, -0.1) is 0 Å². The molecule has 0 heterocycles. The Bertz CT molecular complexity index is 1010. The van der Waals surface area contributed by atoms with Crippen molar-refractivity contribution in [2.24, 2.45) is 10.2 Å². The molecule has 0 aliphatic carbocycles. The van der Waals surface area contributed by atoms with Crippen LogP contribution in [0.4, 0.5) is 11.4 Å². The first-order chi connectivity index (χ1) is 14.8. The number of hydrogen-bond donors (Lipinski definition) is 1. The Morgan fingerprint density at radius 1 is 0.871 bits per heavy atom. The van der Waals surface area contributed by atoms with Crippen LogP contribution in [0.5, 0.6) is 23.0 Å². The van der Waals surface area contributed by atoms with Gasteiger partial charge in [0.1, 0.15) is 38.7 Å². The number of ether oxygens (including phenoxy) is 4. The third-order valence-electron chi connectivity index (χ3n) is 4.14. The van der Waals surface area contributed by atoms with E-state index in [-0.39, 0.29) is 32.9 Å². The number of carbonyl (C=O) groups is 2. The van der Waals surface area contributed by atoms with E-state index in [2.05, 4.69) is 15.5 Å². The van der Waals surface area contributed by atoms with Gasteiger partial charge in [0.15, 0.2) is 11.5 Å². The summed E-state index contributed by atoms with van der Waals surface area (Å²) in [5.74, 6) is -0.150. The molecule has 0 spiro atoms. The van der Waals surface area contributed by atoms with Crippen LogP contribution in [0.1, 0.15) is 6.92 Å². The lowest BCUT2D eigenvalue weighted by Gasteiger charge is -2.16. The molecule has 11 heteroatoms. The molecule has 0 aromatic heterocycles. The number of nitrogens with zero attached hydrogens (tertiary/aromatic N) is 2. The molecular weight excluding hydrogens is 449 g/mol. The van der Waals surface area contributed by atoms with Gasteiger partial charge in [0.05, 0.1) is 28.4 Å². The second-order valence-corrected chi connectivity index (χ2v) is 6.77. The summed E-state index contributed by atoms with van der Waals surface area (Å²) in [7, 11) is 5.69. The van der Waals surface area contributed by atoms with E-state index in [1.165, 1.54) is 41.4 Å². The van der Waals surface area contributed by atoms with Crippen molar-refractivity contribution in [1.82, 2.24) is 0 Å². The maximum Gasteiger partial charge on any atom is 0.258 e. The van der Waals surface area contributed by atoms with Gasteiger partial charge in [0.25, 0.3) is 5.91 Å². The molecule has 0 radical (unpaired) electrons. The third-order valence-corrected chi connectivity index (χ3v) is 4.87. The largest absolute Gasteiger partial charge is 0.495 e. The number of ketones is 1. The Morgan fingerprint density at radius 2 is 1.42 bits per heavy atom. The highest BCUT2D eigenvalue weighted by Gasteiger charge is 2.26. The summed E-state index contributed by atoms with van der Waals surface area (Å²) in [5, 5.41) is 10.7. The molecule has 0 fully saturated rings. The number of anilines is 1. The molecule has 2 aromatic carbocycles. The fraction of sp³-hybridized carbons (Fsp3) is 0.300. The van der Waals surface area contributed by atoms with Crippen LogP contribution in [0.2, 0.25) is 10.0 Å². The van der Waals surface area contributed by atoms with Crippen molar-refractivity contribution in [3.05, 3.63) is 34.3 Å². The normalized spacial score (nSPS) is 11.7. The van der Waals surface area contributed by atoms with E-state index in [4.69, 9.17) is 42.1 Å². The number of rotatable bonds is 9. The second kappa shape index (κ2) is 10.8. The molecule has 1 unspecified atom stereocenters. The molecule has 2 aromatic rings. The third kappa shape index (κ3) is 5.36. The van der Waals surface area contributed by atoms with Gasteiger partial charge >= 0.3 is 0 Å². The van der Waals surface area contributed by atoms with E-state index >= 15 is 0 Å². The van der Waals surface area contributed by atoms with Crippen molar-refractivity contribution < 1.29 is 28.5 Å². The number of amides is 1. The van der Waals surface area contributed by atoms with Gasteiger partial charge in [-0.1, -0.05) is 23.2 Å². The Morgan fingerprint density at radius 3 is 1.97 bits per heavy atom. The Kier molecular flexibility index (Phi) is 8.47. The Balaban J connectivity index is 2.37. The minimum absolute atomic E-state index is 0.109. The van der Waals surface area contributed by atoms with E-state index in [0.29, 0.717) is 11.5 Å². The molecule has 0 saturated heterocycles. The SMILES string of the molecule is COc1ccc(OC)c(NC(=O)C(N=Nc2ccc(OC)c(Cl)c2OC)C(C)=O)c1Cl. The van der Waals surface area contributed by atoms with Crippen LogP contribution in [-0.2, 0) is 9.59 Å². The minimum atomic E-state index is -1.46. The molecule has 0 saturated carbocycles.